The molecule has 1 aliphatic heterocycles. The van der Waals surface area contributed by atoms with E-state index in [0.29, 0.717) is 34.5 Å². The van der Waals surface area contributed by atoms with Gasteiger partial charge in [-0.1, -0.05) is 30.3 Å². The van der Waals surface area contributed by atoms with Crippen molar-refractivity contribution in [3.05, 3.63) is 100 Å². The van der Waals surface area contributed by atoms with Crippen LogP contribution in [0.15, 0.2) is 77.9 Å². The van der Waals surface area contributed by atoms with Gasteiger partial charge >= 0.3 is 0 Å². The summed E-state index contributed by atoms with van der Waals surface area (Å²) in [6.07, 6.45) is 6.53. The van der Waals surface area contributed by atoms with Crippen molar-refractivity contribution < 1.29 is 14.3 Å². The van der Waals surface area contributed by atoms with Gasteiger partial charge in [0.1, 0.15) is 0 Å². The van der Waals surface area contributed by atoms with Crippen molar-refractivity contribution in [1.29, 1.82) is 0 Å². The second-order valence-electron chi connectivity index (χ2n) is 7.48. The second-order valence-corrected chi connectivity index (χ2v) is 7.48. The Balaban J connectivity index is 1.35. The smallest absolute Gasteiger partial charge is 0.274 e. The minimum absolute atomic E-state index is 0.179. The first kappa shape index (κ1) is 20.4. The maximum absolute atomic E-state index is 12.9. The van der Waals surface area contributed by atoms with E-state index >= 15 is 0 Å². The topological polar surface area (TPSA) is 95.3 Å². The molecule has 0 saturated carbocycles. The molecule has 1 amide bonds. The quantitative estimate of drug-likeness (QED) is 0.463. The summed E-state index contributed by atoms with van der Waals surface area (Å²) in [5.74, 6) is 1.07. The van der Waals surface area contributed by atoms with Crippen molar-refractivity contribution in [3.8, 4) is 11.5 Å². The Labute approximate surface area is 189 Å². The molecule has 0 saturated heterocycles. The molecule has 5 rings (SSSR count). The third kappa shape index (κ3) is 4.45. The van der Waals surface area contributed by atoms with E-state index in [9.17, 15) is 9.59 Å². The summed E-state index contributed by atoms with van der Waals surface area (Å²) in [7, 11) is 0. The largest absolute Gasteiger partial charge is 0.454 e. The van der Waals surface area contributed by atoms with Crippen LogP contribution in [0.5, 0.6) is 11.5 Å². The van der Waals surface area contributed by atoms with E-state index < -0.39 is 0 Å². The van der Waals surface area contributed by atoms with Gasteiger partial charge in [-0.3, -0.25) is 14.6 Å². The van der Waals surface area contributed by atoms with Crippen LogP contribution in [0.3, 0.4) is 0 Å². The SMILES string of the molecule is O=C(/C=C/c1ccc2c(c1)OCO2)NCc1nn(Cc2cccnc2)c(=O)c2ccccc12. The van der Waals surface area contributed by atoms with Crippen molar-refractivity contribution in [2.75, 3.05) is 6.79 Å². The summed E-state index contributed by atoms with van der Waals surface area (Å²) in [5.41, 5.74) is 2.11. The molecule has 8 heteroatoms. The van der Waals surface area contributed by atoms with Gasteiger partial charge in [-0.05, 0) is 41.5 Å². The average Bonchev–Trinajstić information content (AvgIpc) is 3.32. The molecule has 0 atom stereocenters. The number of amides is 1. The van der Waals surface area contributed by atoms with Crippen LogP contribution in [-0.2, 0) is 17.9 Å². The first-order valence-corrected chi connectivity index (χ1v) is 10.4. The zero-order valence-electron chi connectivity index (χ0n) is 17.6. The molecule has 1 N–H and O–H groups in total. The third-order valence-electron chi connectivity index (χ3n) is 5.25. The predicted octanol–water partition coefficient (Wildman–Crippen LogP) is 2.90. The highest BCUT2D eigenvalue weighted by atomic mass is 16.7. The van der Waals surface area contributed by atoms with Gasteiger partial charge in [-0.25, -0.2) is 4.68 Å². The van der Waals surface area contributed by atoms with Gasteiger partial charge in [-0.15, -0.1) is 0 Å². The van der Waals surface area contributed by atoms with E-state index in [1.165, 1.54) is 10.8 Å². The molecule has 0 fully saturated rings. The Bertz CT molecular complexity index is 1410. The molecule has 0 radical (unpaired) electrons. The Kier molecular flexibility index (Phi) is 5.55. The minimum atomic E-state index is -0.274. The molecule has 3 heterocycles. The Morgan fingerprint density at radius 3 is 2.76 bits per heavy atom. The summed E-state index contributed by atoms with van der Waals surface area (Å²) in [5, 5.41) is 8.65. The zero-order chi connectivity index (χ0) is 22.6. The number of benzene rings is 2. The fourth-order valence-electron chi connectivity index (χ4n) is 3.63. The van der Waals surface area contributed by atoms with E-state index in [1.807, 2.05) is 48.5 Å². The number of ether oxygens (including phenoxy) is 2. The van der Waals surface area contributed by atoms with Crippen LogP contribution >= 0.6 is 0 Å². The van der Waals surface area contributed by atoms with Crippen molar-refractivity contribution >= 4 is 22.8 Å². The highest BCUT2D eigenvalue weighted by molar-refractivity contribution is 5.92. The van der Waals surface area contributed by atoms with Crippen LogP contribution in [0.25, 0.3) is 16.8 Å². The van der Waals surface area contributed by atoms with Crippen molar-refractivity contribution in [2.45, 2.75) is 13.1 Å². The molecule has 0 spiro atoms. The fourth-order valence-corrected chi connectivity index (χ4v) is 3.63. The van der Waals surface area contributed by atoms with E-state index in [1.54, 1.807) is 24.5 Å². The molecule has 8 nitrogen and oxygen atoms in total. The molecule has 0 bridgehead atoms. The second kappa shape index (κ2) is 8.96. The number of carbonyl (C=O) groups excluding carboxylic acids is 1. The highest BCUT2D eigenvalue weighted by Crippen LogP contribution is 2.32. The number of pyridine rings is 1. The summed E-state index contributed by atoms with van der Waals surface area (Å²) in [6.45, 7) is 0.674. The van der Waals surface area contributed by atoms with Crippen LogP contribution in [0, 0.1) is 0 Å². The van der Waals surface area contributed by atoms with Crippen molar-refractivity contribution in [1.82, 2.24) is 20.1 Å². The Morgan fingerprint density at radius 2 is 1.91 bits per heavy atom. The van der Waals surface area contributed by atoms with Crippen LogP contribution in [0.1, 0.15) is 16.8 Å². The van der Waals surface area contributed by atoms with Gasteiger partial charge in [0.05, 0.1) is 24.2 Å². The highest BCUT2D eigenvalue weighted by Gasteiger charge is 2.13. The van der Waals surface area contributed by atoms with Crippen LogP contribution in [0.2, 0.25) is 0 Å². The Hall–Kier alpha value is -4.46. The predicted molar refractivity (Wildman–Crippen MR) is 123 cm³/mol. The molecule has 0 unspecified atom stereocenters. The maximum atomic E-state index is 12.9. The molecule has 164 valence electrons. The van der Waals surface area contributed by atoms with E-state index in [-0.39, 0.29) is 24.8 Å². The normalized spacial score (nSPS) is 12.4. The zero-order valence-corrected chi connectivity index (χ0v) is 17.6. The number of carbonyl (C=O) groups is 1. The lowest BCUT2D eigenvalue weighted by Gasteiger charge is -2.11. The molecule has 2 aromatic carbocycles. The van der Waals surface area contributed by atoms with Gasteiger partial charge in [0, 0.05) is 23.9 Å². The van der Waals surface area contributed by atoms with Crippen LogP contribution in [0.4, 0.5) is 0 Å². The molecule has 1 aliphatic rings. The van der Waals surface area contributed by atoms with E-state index in [4.69, 9.17) is 9.47 Å². The van der Waals surface area contributed by atoms with Gasteiger partial charge in [0.25, 0.3) is 5.56 Å². The number of rotatable bonds is 6. The molecule has 0 aliphatic carbocycles. The number of nitrogens with zero attached hydrogens (tertiary/aromatic N) is 3. The maximum Gasteiger partial charge on any atom is 0.274 e. The fraction of sp³-hybridized carbons (Fsp3) is 0.120. The molecule has 4 aromatic rings. The van der Waals surface area contributed by atoms with Gasteiger partial charge < -0.3 is 14.8 Å². The Morgan fingerprint density at radius 1 is 1.06 bits per heavy atom. The van der Waals surface area contributed by atoms with Crippen LogP contribution < -0.4 is 20.3 Å². The van der Waals surface area contributed by atoms with Gasteiger partial charge in [0.2, 0.25) is 12.7 Å². The summed E-state index contributed by atoms with van der Waals surface area (Å²) >= 11 is 0. The number of hydrogen-bond donors (Lipinski definition) is 1. The number of nitrogens with one attached hydrogen (secondary N) is 1. The molecular formula is C25H20N4O4. The average molecular weight is 440 g/mol. The number of hydrogen-bond acceptors (Lipinski definition) is 6. The lowest BCUT2D eigenvalue weighted by Crippen LogP contribution is -2.28. The number of fused-ring (bicyclic) bond motifs is 2. The first-order valence-electron chi connectivity index (χ1n) is 10.4. The first-order chi connectivity index (χ1) is 16.2. The summed E-state index contributed by atoms with van der Waals surface area (Å²) < 4.78 is 12.1. The van der Waals surface area contributed by atoms with Crippen molar-refractivity contribution in [3.63, 3.8) is 0 Å². The van der Waals surface area contributed by atoms with Crippen molar-refractivity contribution in [2.24, 2.45) is 0 Å². The molecule has 2 aromatic heterocycles. The lowest BCUT2D eigenvalue weighted by molar-refractivity contribution is -0.116. The summed E-state index contributed by atoms with van der Waals surface area (Å²) in [4.78, 5) is 29.5. The summed E-state index contributed by atoms with van der Waals surface area (Å²) in [6, 6.07) is 16.4. The monoisotopic (exact) mass is 440 g/mol. The minimum Gasteiger partial charge on any atom is -0.454 e. The molecular weight excluding hydrogens is 420 g/mol. The number of aromatic nitrogens is 3. The van der Waals surface area contributed by atoms with Gasteiger partial charge in [-0.2, -0.15) is 5.10 Å². The van der Waals surface area contributed by atoms with E-state index in [0.717, 1.165) is 11.1 Å². The lowest BCUT2D eigenvalue weighted by atomic mass is 10.1. The third-order valence-corrected chi connectivity index (χ3v) is 5.25. The standard InChI is InChI=1S/C25H20N4O4/c30-24(10-8-17-7-9-22-23(12-17)33-16-32-22)27-14-21-19-5-1-2-6-20(19)25(31)29(28-21)15-18-4-3-11-26-13-18/h1-13H,14-16H2,(H,27,30)/b10-8+. The van der Waals surface area contributed by atoms with Crippen LogP contribution in [-0.4, -0.2) is 27.5 Å². The van der Waals surface area contributed by atoms with E-state index in [2.05, 4.69) is 15.4 Å². The molecule has 33 heavy (non-hydrogen) atoms. The van der Waals surface area contributed by atoms with Gasteiger partial charge in [0.15, 0.2) is 11.5 Å².